The van der Waals surface area contributed by atoms with E-state index in [2.05, 4.69) is 20.3 Å². The highest BCUT2D eigenvalue weighted by molar-refractivity contribution is 6.12. The second-order valence-electron chi connectivity index (χ2n) is 5.60. The molecular formula is C20H13FN4O. The zero-order valence-electron chi connectivity index (χ0n) is 13.6. The molecule has 4 aromatic rings. The van der Waals surface area contributed by atoms with Crippen LogP contribution in [0.5, 0.6) is 0 Å². The quantitative estimate of drug-likeness (QED) is 0.608. The van der Waals surface area contributed by atoms with Gasteiger partial charge in [-0.1, -0.05) is 30.3 Å². The molecule has 2 heterocycles. The number of anilines is 1. The maximum atomic E-state index is 14.0. The van der Waals surface area contributed by atoms with Crippen molar-refractivity contribution in [1.29, 1.82) is 0 Å². The Hall–Kier alpha value is -3.67. The number of nitrogens with zero attached hydrogens (tertiary/aromatic N) is 3. The van der Waals surface area contributed by atoms with Crippen molar-refractivity contribution in [1.82, 2.24) is 15.0 Å². The highest BCUT2D eigenvalue weighted by atomic mass is 19.1. The molecule has 0 saturated carbocycles. The molecule has 1 N–H and O–H groups in total. The van der Waals surface area contributed by atoms with Gasteiger partial charge in [-0.3, -0.25) is 9.78 Å². The SMILES string of the molecule is O=C(Nc1cc(-c2ccccc2F)ncn1)c1ccnc2ccccc12. The van der Waals surface area contributed by atoms with E-state index in [1.807, 2.05) is 24.3 Å². The van der Waals surface area contributed by atoms with Gasteiger partial charge in [-0.15, -0.1) is 0 Å². The molecule has 26 heavy (non-hydrogen) atoms. The van der Waals surface area contributed by atoms with E-state index < -0.39 is 0 Å². The first-order valence-corrected chi connectivity index (χ1v) is 7.94. The van der Waals surface area contributed by atoms with Crippen LogP contribution in [0.2, 0.25) is 0 Å². The van der Waals surface area contributed by atoms with Gasteiger partial charge in [-0.25, -0.2) is 14.4 Å². The molecule has 5 nitrogen and oxygen atoms in total. The van der Waals surface area contributed by atoms with Crippen LogP contribution in [0.3, 0.4) is 0 Å². The molecule has 6 heteroatoms. The van der Waals surface area contributed by atoms with Crippen LogP contribution in [-0.4, -0.2) is 20.9 Å². The number of aromatic nitrogens is 3. The average molecular weight is 344 g/mol. The molecular weight excluding hydrogens is 331 g/mol. The minimum Gasteiger partial charge on any atom is -0.306 e. The summed E-state index contributed by atoms with van der Waals surface area (Å²) in [6.45, 7) is 0. The summed E-state index contributed by atoms with van der Waals surface area (Å²) < 4.78 is 14.0. The minimum absolute atomic E-state index is 0.296. The van der Waals surface area contributed by atoms with Gasteiger partial charge >= 0.3 is 0 Å². The molecule has 0 atom stereocenters. The maximum absolute atomic E-state index is 14.0. The second-order valence-corrected chi connectivity index (χ2v) is 5.60. The van der Waals surface area contributed by atoms with E-state index in [1.165, 1.54) is 12.4 Å². The highest BCUT2D eigenvalue weighted by Crippen LogP contribution is 2.22. The van der Waals surface area contributed by atoms with Crippen LogP contribution >= 0.6 is 0 Å². The Morgan fingerprint density at radius 3 is 2.62 bits per heavy atom. The fraction of sp³-hybridized carbons (Fsp3) is 0. The Morgan fingerprint density at radius 1 is 0.923 bits per heavy atom. The van der Waals surface area contributed by atoms with Crippen LogP contribution in [0, 0.1) is 5.82 Å². The van der Waals surface area contributed by atoms with E-state index in [-0.39, 0.29) is 11.7 Å². The van der Waals surface area contributed by atoms with Crippen molar-refractivity contribution in [2.24, 2.45) is 0 Å². The van der Waals surface area contributed by atoms with E-state index in [4.69, 9.17) is 0 Å². The van der Waals surface area contributed by atoms with Gasteiger partial charge in [-0.05, 0) is 24.3 Å². The van der Waals surface area contributed by atoms with Gasteiger partial charge in [0.1, 0.15) is 18.0 Å². The number of rotatable bonds is 3. The van der Waals surface area contributed by atoms with Crippen LogP contribution in [0.1, 0.15) is 10.4 Å². The number of carbonyl (C=O) groups excluding carboxylic acids is 1. The average Bonchev–Trinajstić information content (AvgIpc) is 2.68. The molecule has 4 rings (SSSR count). The Bertz CT molecular complexity index is 1110. The third-order valence-corrected chi connectivity index (χ3v) is 3.95. The van der Waals surface area contributed by atoms with Crippen LogP contribution in [0.4, 0.5) is 10.2 Å². The van der Waals surface area contributed by atoms with Crippen molar-refractivity contribution in [2.45, 2.75) is 0 Å². The lowest BCUT2D eigenvalue weighted by Gasteiger charge is -2.08. The molecule has 126 valence electrons. The summed E-state index contributed by atoms with van der Waals surface area (Å²) in [5.41, 5.74) is 1.96. The van der Waals surface area contributed by atoms with Gasteiger partial charge in [0.05, 0.1) is 16.8 Å². The number of carbonyl (C=O) groups is 1. The van der Waals surface area contributed by atoms with Gasteiger partial charge in [0, 0.05) is 23.2 Å². The van der Waals surface area contributed by atoms with Gasteiger partial charge in [0.15, 0.2) is 0 Å². The third kappa shape index (κ3) is 3.00. The molecule has 0 aliphatic carbocycles. The van der Waals surface area contributed by atoms with Crippen LogP contribution in [0.15, 0.2) is 73.2 Å². The number of benzene rings is 2. The standard InChI is InChI=1S/C20H13FN4O/c21-16-7-3-1-6-15(16)18-11-19(24-12-23-18)25-20(26)14-9-10-22-17-8-4-2-5-13(14)17/h1-12H,(H,23,24,25,26). The largest absolute Gasteiger partial charge is 0.306 e. The second kappa shape index (κ2) is 6.68. The number of pyridine rings is 1. The summed E-state index contributed by atoms with van der Waals surface area (Å²) in [6, 6.07) is 16.9. The summed E-state index contributed by atoms with van der Waals surface area (Å²) in [7, 11) is 0. The van der Waals surface area contributed by atoms with Crippen molar-refractivity contribution in [3.63, 3.8) is 0 Å². The number of para-hydroxylation sites is 1. The zero-order chi connectivity index (χ0) is 17.9. The Balaban J connectivity index is 1.66. The topological polar surface area (TPSA) is 67.8 Å². The predicted octanol–water partition coefficient (Wildman–Crippen LogP) is 4.08. The zero-order valence-corrected chi connectivity index (χ0v) is 13.6. The lowest BCUT2D eigenvalue weighted by atomic mass is 10.1. The molecule has 0 saturated heterocycles. The Labute approximate surface area is 148 Å². The lowest BCUT2D eigenvalue weighted by Crippen LogP contribution is -2.14. The molecule has 0 aliphatic heterocycles. The first-order chi connectivity index (χ1) is 12.7. The molecule has 2 aromatic carbocycles. The first kappa shape index (κ1) is 15.8. The number of hydrogen-bond donors (Lipinski definition) is 1. The van der Waals surface area contributed by atoms with E-state index in [9.17, 15) is 9.18 Å². The van der Waals surface area contributed by atoms with Crippen molar-refractivity contribution in [3.05, 3.63) is 84.6 Å². The first-order valence-electron chi connectivity index (χ1n) is 7.94. The number of fused-ring (bicyclic) bond motifs is 1. The number of amides is 1. The molecule has 0 unspecified atom stereocenters. The predicted molar refractivity (Wildman–Crippen MR) is 97.1 cm³/mol. The fourth-order valence-corrected chi connectivity index (χ4v) is 2.72. The molecule has 0 spiro atoms. The summed E-state index contributed by atoms with van der Waals surface area (Å²) in [5, 5.41) is 3.49. The molecule has 1 amide bonds. The van der Waals surface area contributed by atoms with Gasteiger partial charge in [-0.2, -0.15) is 0 Å². The smallest absolute Gasteiger partial charge is 0.257 e. The molecule has 0 fully saturated rings. The highest BCUT2D eigenvalue weighted by Gasteiger charge is 2.13. The van der Waals surface area contributed by atoms with Crippen LogP contribution in [-0.2, 0) is 0 Å². The van der Waals surface area contributed by atoms with Crippen molar-refractivity contribution in [3.8, 4) is 11.3 Å². The summed E-state index contributed by atoms with van der Waals surface area (Å²) in [4.78, 5) is 25.1. The van der Waals surface area contributed by atoms with Crippen LogP contribution in [0.25, 0.3) is 22.2 Å². The monoisotopic (exact) mass is 344 g/mol. The normalized spacial score (nSPS) is 10.7. The van der Waals surface area contributed by atoms with E-state index in [1.54, 1.807) is 36.5 Å². The maximum Gasteiger partial charge on any atom is 0.257 e. The van der Waals surface area contributed by atoms with Crippen molar-refractivity contribution < 1.29 is 9.18 Å². The lowest BCUT2D eigenvalue weighted by molar-refractivity contribution is 0.102. The van der Waals surface area contributed by atoms with E-state index in [0.717, 1.165) is 10.9 Å². The summed E-state index contributed by atoms with van der Waals surface area (Å²) >= 11 is 0. The Morgan fingerprint density at radius 2 is 1.73 bits per heavy atom. The Kier molecular flexibility index (Phi) is 4.07. The fourth-order valence-electron chi connectivity index (χ4n) is 2.72. The molecule has 2 aromatic heterocycles. The number of nitrogens with one attached hydrogen (secondary N) is 1. The number of hydrogen-bond acceptors (Lipinski definition) is 4. The van der Waals surface area contributed by atoms with Crippen molar-refractivity contribution in [2.75, 3.05) is 5.32 Å². The van der Waals surface area contributed by atoms with E-state index in [0.29, 0.717) is 22.6 Å². The minimum atomic E-state index is -0.386. The third-order valence-electron chi connectivity index (χ3n) is 3.95. The van der Waals surface area contributed by atoms with E-state index >= 15 is 0 Å². The molecule has 0 bridgehead atoms. The summed E-state index contributed by atoms with van der Waals surface area (Å²) in [5.74, 6) is -0.408. The van der Waals surface area contributed by atoms with Gasteiger partial charge < -0.3 is 5.32 Å². The van der Waals surface area contributed by atoms with Crippen molar-refractivity contribution >= 4 is 22.6 Å². The molecule has 0 aliphatic rings. The van der Waals surface area contributed by atoms with Gasteiger partial charge in [0.25, 0.3) is 5.91 Å². The molecule has 0 radical (unpaired) electrons. The summed E-state index contributed by atoms with van der Waals surface area (Å²) in [6.07, 6.45) is 2.88. The number of halogens is 1. The van der Waals surface area contributed by atoms with Gasteiger partial charge in [0.2, 0.25) is 0 Å². The van der Waals surface area contributed by atoms with Crippen LogP contribution < -0.4 is 5.32 Å².